The van der Waals surface area contributed by atoms with Crippen molar-refractivity contribution in [1.82, 2.24) is 15.1 Å². The van der Waals surface area contributed by atoms with E-state index in [9.17, 15) is 9.59 Å². The average molecular weight is 527 g/mol. The van der Waals surface area contributed by atoms with Crippen LogP contribution >= 0.6 is 43.2 Å². The zero-order valence-electron chi connectivity index (χ0n) is 15.3. The number of benzene rings is 1. The Morgan fingerprint density at radius 3 is 2.46 bits per heavy atom. The molecule has 1 atom stereocenters. The van der Waals surface area contributed by atoms with Gasteiger partial charge in [0.2, 0.25) is 5.91 Å². The molecule has 1 saturated heterocycles. The van der Waals surface area contributed by atoms with Crippen molar-refractivity contribution in [3.05, 3.63) is 54.6 Å². The topological polar surface area (TPSA) is 52.7 Å². The van der Waals surface area contributed by atoms with Gasteiger partial charge in [-0.1, -0.05) is 30.3 Å². The lowest BCUT2D eigenvalue weighted by molar-refractivity contribution is -0.123. The first-order chi connectivity index (χ1) is 13.5. The Bertz CT molecular complexity index is 879. The summed E-state index contributed by atoms with van der Waals surface area (Å²) in [7, 11) is 0. The number of carbonyl (C=O) groups is 2. The minimum absolute atomic E-state index is 0.0172. The number of carbonyl (C=O) groups excluding carboxylic acids is 2. The molecule has 0 radical (unpaired) electrons. The second-order valence-electron chi connectivity index (χ2n) is 7.22. The van der Waals surface area contributed by atoms with Crippen molar-refractivity contribution in [3.63, 3.8) is 0 Å². The Morgan fingerprint density at radius 2 is 1.75 bits per heavy atom. The number of nitrogens with zero attached hydrogens (tertiary/aromatic N) is 2. The van der Waals surface area contributed by atoms with Crippen molar-refractivity contribution < 1.29 is 9.59 Å². The van der Waals surface area contributed by atoms with Crippen LogP contribution in [0.2, 0.25) is 0 Å². The summed E-state index contributed by atoms with van der Waals surface area (Å²) in [5.74, 6) is 0.0695. The molecule has 2 aliphatic rings. The standard InChI is InChI=1S/C20H21Br2N3O2S/c21-19-17-14(10-15(26)18(17)20(22)28-19)23-16(27)12-25-8-6-24(7-9-25)11-13-4-2-1-3-5-13/h1-5,14H,6-12H2,(H,23,27). The molecule has 1 aromatic carbocycles. The van der Waals surface area contributed by atoms with Gasteiger partial charge in [-0.2, -0.15) is 0 Å². The van der Waals surface area contributed by atoms with Crippen LogP contribution < -0.4 is 5.32 Å². The Labute approximate surface area is 185 Å². The van der Waals surface area contributed by atoms with E-state index in [1.54, 1.807) is 0 Å². The van der Waals surface area contributed by atoms with E-state index in [1.807, 2.05) is 6.07 Å². The summed E-state index contributed by atoms with van der Waals surface area (Å²) >= 11 is 8.47. The molecule has 1 aliphatic heterocycles. The fourth-order valence-corrected chi connectivity index (χ4v) is 7.23. The highest BCUT2D eigenvalue weighted by Crippen LogP contribution is 2.46. The molecule has 2 aromatic rings. The summed E-state index contributed by atoms with van der Waals surface area (Å²) in [6.07, 6.45) is 0.339. The number of rotatable bonds is 5. The van der Waals surface area contributed by atoms with E-state index in [4.69, 9.17) is 0 Å². The molecule has 5 nitrogen and oxygen atoms in total. The van der Waals surface area contributed by atoms with Gasteiger partial charge < -0.3 is 5.32 Å². The molecule has 1 aliphatic carbocycles. The number of hydrogen-bond donors (Lipinski definition) is 1. The van der Waals surface area contributed by atoms with Crippen LogP contribution in [-0.4, -0.2) is 54.2 Å². The van der Waals surface area contributed by atoms with E-state index in [2.05, 4.69) is 71.2 Å². The van der Waals surface area contributed by atoms with Crippen LogP contribution in [0.15, 0.2) is 37.9 Å². The molecule has 0 saturated carbocycles. The van der Waals surface area contributed by atoms with Crippen LogP contribution in [0.4, 0.5) is 0 Å². The van der Waals surface area contributed by atoms with Crippen molar-refractivity contribution in [1.29, 1.82) is 0 Å². The number of piperazine rings is 1. The molecule has 2 heterocycles. The number of Topliss-reactive ketones (excluding diaryl/α,β-unsaturated/α-hetero) is 1. The van der Waals surface area contributed by atoms with Gasteiger partial charge in [0.05, 0.1) is 20.2 Å². The Hall–Kier alpha value is -1.06. The summed E-state index contributed by atoms with van der Waals surface area (Å²) < 4.78 is 1.76. The predicted molar refractivity (Wildman–Crippen MR) is 118 cm³/mol. The number of thiophene rings is 1. The number of hydrogen-bond acceptors (Lipinski definition) is 5. The van der Waals surface area contributed by atoms with Gasteiger partial charge in [-0.15, -0.1) is 11.3 Å². The molecule has 28 heavy (non-hydrogen) atoms. The highest BCUT2D eigenvalue weighted by Gasteiger charge is 2.36. The maximum Gasteiger partial charge on any atom is 0.234 e. The zero-order valence-corrected chi connectivity index (χ0v) is 19.3. The molecular weight excluding hydrogens is 506 g/mol. The molecule has 1 amide bonds. The molecule has 1 N–H and O–H groups in total. The summed E-state index contributed by atoms with van der Waals surface area (Å²) in [4.78, 5) is 29.4. The summed E-state index contributed by atoms with van der Waals surface area (Å²) in [6, 6.07) is 10.2. The minimum atomic E-state index is -0.230. The lowest BCUT2D eigenvalue weighted by Crippen LogP contribution is -2.49. The Morgan fingerprint density at radius 1 is 1.07 bits per heavy atom. The SMILES string of the molecule is O=C(CN1CCN(Cc2ccccc2)CC1)NC1CC(=O)c2c(Br)sc(Br)c21. The van der Waals surface area contributed by atoms with Crippen LogP contribution in [0.3, 0.4) is 0 Å². The first-order valence-electron chi connectivity index (χ1n) is 9.30. The lowest BCUT2D eigenvalue weighted by Gasteiger charge is -2.34. The van der Waals surface area contributed by atoms with Crippen LogP contribution in [0, 0.1) is 0 Å². The van der Waals surface area contributed by atoms with Gasteiger partial charge in [-0.25, -0.2) is 0 Å². The largest absolute Gasteiger partial charge is 0.348 e. The monoisotopic (exact) mass is 525 g/mol. The molecule has 1 unspecified atom stereocenters. The maximum atomic E-state index is 12.6. The second-order valence-corrected chi connectivity index (χ2v) is 10.9. The third-order valence-electron chi connectivity index (χ3n) is 5.29. The smallest absolute Gasteiger partial charge is 0.234 e. The van der Waals surface area contributed by atoms with Gasteiger partial charge >= 0.3 is 0 Å². The second kappa shape index (κ2) is 8.75. The van der Waals surface area contributed by atoms with Crippen LogP contribution in [0.1, 0.15) is 33.9 Å². The summed E-state index contributed by atoms with van der Waals surface area (Å²) in [5.41, 5.74) is 2.96. The van der Waals surface area contributed by atoms with Crippen molar-refractivity contribution in [2.24, 2.45) is 0 Å². The molecule has 0 bridgehead atoms. The van der Waals surface area contributed by atoms with Crippen LogP contribution in [0.25, 0.3) is 0 Å². The van der Waals surface area contributed by atoms with E-state index in [1.165, 1.54) is 16.9 Å². The lowest BCUT2D eigenvalue weighted by atomic mass is 10.2. The minimum Gasteiger partial charge on any atom is -0.348 e. The van der Waals surface area contributed by atoms with E-state index >= 15 is 0 Å². The number of nitrogens with one attached hydrogen (secondary N) is 1. The van der Waals surface area contributed by atoms with E-state index in [0.29, 0.717) is 13.0 Å². The first-order valence-corrected chi connectivity index (χ1v) is 11.7. The van der Waals surface area contributed by atoms with Gasteiger partial charge in [-0.3, -0.25) is 19.4 Å². The van der Waals surface area contributed by atoms with Gasteiger partial charge in [0, 0.05) is 50.3 Å². The fraction of sp³-hybridized carbons (Fsp3) is 0.400. The van der Waals surface area contributed by atoms with E-state index in [0.717, 1.165) is 51.4 Å². The Kier molecular flexibility index (Phi) is 6.32. The van der Waals surface area contributed by atoms with E-state index < -0.39 is 0 Å². The van der Waals surface area contributed by atoms with Gasteiger partial charge in [-0.05, 0) is 37.4 Å². The van der Waals surface area contributed by atoms with Gasteiger partial charge in [0.1, 0.15) is 0 Å². The van der Waals surface area contributed by atoms with Crippen molar-refractivity contribution in [3.8, 4) is 0 Å². The zero-order chi connectivity index (χ0) is 19.7. The highest BCUT2D eigenvalue weighted by molar-refractivity contribution is 9.12. The third kappa shape index (κ3) is 4.41. The van der Waals surface area contributed by atoms with Gasteiger partial charge in [0.25, 0.3) is 0 Å². The highest BCUT2D eigenvalue weighted by atomic mass is 79.9. The van der Waals surface area contributed by atoms with Crippen molar-refractivity contribution in [2.45, 2.75) is 19.0 Å². The molecular formula is C20H21Br2N3O2S. The predicted octanol–water partition coefficient (Wildman–Crippen LogP) is 3.83. The quantitative estimate of drug-likeness (QED) is 0.643. The molecule has 4 rings (SSSR count). The van der Waals surface area contributed by atoms with Crippen LogP contribution in [-0.2, 0) is 11.3 Å². The number of halogens is 2. The molecule has 148 valence electrons. The van der Waals surface area contributed by atoms with Crippen LogP contribution in [0.5, 0.6) is 0 Å². The summed E-state index contributed by atoms with van der Waals surface area (Å²) in [5, 5.41) is 3.06. The van der Waals surface area contributed by atoms with Gasteiger partial charge in [0.15, 0.2) is 5.78 Å². The normalized spacial score (nSPS) is 20.4. The fourth-order valence-electron chi connectivity index (χ4n) is 3.86. The Balaban J connectivity index is 1.27. The molecule has 1 fully saturated rings. The van der Waals surface area contributed by atoms with Crippen molar-refractivity contribution in [2.75, 3.05) is 32.7 Å². The first kappa shape index (κ1) is 20.2. The summed E-state index contributed by atoms with van der Waals surface area (Å²) in [6.45, 7) is 5.00. The molecule has 8 heteroatoms. The molecule has 0 spiro atoms. The third-order valence-corrected chi connectivity index (χ3v) is 7.87. The number of fused-ring (bicyclic) bond motifs is 1. The van der Waals surface area contributed by atoms with E-state index in [-0.39, 0.29) is 17.7 Å². The maximum absolute atomic E-state index is 12.6. The van der Waals surface area contributed by atoms with Crippen molar-refractivity contribution >= 4 is 54.9 Å². The number of amides is 1. The average Bonchev–Trinajstić information content (AvgIpc) is 3.15. The molecule has 1 aromatic heterocycles. The number of ketones is 1.